The summed E-state index contributed by atoms with van der Waals surface area (Å²) >= 11 is 15.2. The molecule has 1 amide bonds. The third kappa shape index (κ3) is 2.58. The van der Waals surface area contributed by atoms with Gasteiger partial charge in [0.25, 0.3) is 15.9 Å². The van der Waals surface area contributed by atoms with Crippen LogP contribution in [0.15, 0.2) is 29.2 Å². The maximum atomic E-state index is 12.5. The molecule has 1 aliphatic rings. The summed E-state index contributed by atoms with van der Waals surface area (Å²) in [5.74, 6) is -1.29. The first kappa shape index (κ1) is 16.1. The van der Waals surface area contributed by atoms with Gasteiger partial charge in [0.15, 0.2) is 0 Å². The molecule has 110 valence electrons. The third-order valence-corrected chi connectivity index (χ3v) is 6.69. The first-order valence-corrected chi connectivity index (χ1v) is 9.10. The van der Waals surface area contributed by atoms with Crippen molar-refractivity contribution in [3.63, 3.8) is 0 Å². The molecule has 0 aliphatic carbocycles. The molecule has 1 heterocycles. The molecule has 0 aromatic heterocycles. The topological polar surface area (TPSA) is 54.5 Å². The largest absolute Gasteiger partial charge is 0.273 e. The average molecular weight is 401 g/mol. The van der Waals surface area contributed by atoms with E-state index in [1.54, 1.807) is 12.1 Å². The van der Waals surface area contributed by atoms with Crippen molar-refractivity contribution in [2.45, 2.75) is 16.2 Å². The third-order valence-electron chi connectivity index (χ3n) is 3.21. The van der Waals surface area contributed by atoms with Gasteiger partial charge in [0, 0.05) is 17.8 Å². The second-order valence-corrected chi connectivity index (χ2v) is 8.52. The Morgan fingerprint density at radius 3 is 2.35 bits per heavy atom. The van der Waals surface area contributed by atoms with Gasteiger partial charge in [0.2, 0.25) is 4.33 Å². The van der Waals surface area contributed by atoms with Crippen LogP contribution in [0.3, 0.4) is 0 Å². The second-order valence-electron chi connectivity index (χ2n) is 4.63. The first-order valence-electron chi connectivity index (χ1n) is 5.79. The molecule has 1 aliphatic heterocycles. The van der Waals surface area contributed by atoms with Gasteiger partial charge >= 0.3 is 0 Å². The van der Waals surface area contributed by atoms with Crippen LogP contribution < -0.4 is 0 Å². The van der Waals surface area contributed by atoms with E-state index in [2.05, 4.69) is 15.9 Å². The number of sulfonamides is 1. The van der Waals surface area contributed by atoms with Gasteiger partial charge in [0.1, 0.15) is 0 Å². The number of alkyl halides is 3. The fourth-order valence-electron chi connectivity index (χ4n) is 1.93. The molecular weight excluding hydrogens is 389 g/mol. The Morgan fingerprint density at radius 1 is 1.35 bits per heavy atom. The van der Waals surface area contributed by atoms with Crippen LogP contribution in [0.1, 0.15) is 5.56 Å². The highest BCUT2D eigenvalue weighted by atomic mass is 79.9. The summed E-state index contributed by atoms with van der Waals surface area (Å²) in [6, 6.07) is 6.27. The van der Waals surface area contributed by atoms with Gasteiger partial charge in [-0.3, -0.25) is 4.79 Å². The zero-order valence-electron chi connectivity index (χ0n) is 10.5. The number of benzene rings is 1. The molecule has 20 heavy (non-hydrogen) atoms. The van der Waals surface area contributed by atoms with Crippen molar-refractivity contribution >= 4 is 55.1 Å². The molecule has 1 fully saturated rings. The monoisotopic (exact) mass is 399 g/mol. The lowest BCUT2D eigenvalue weighted by molar-refractivity contribution is -0.124. The van der Waals surface area contributed by atoms with Crippen molar-refractivity contribution in [2.75, 3.05) is 11.9 Å². The highest BCUT2D eigenvalue weighted by Crippen LogP contribution is 2.42. The van der Waals surface area contributed by atoms with Gasteiger partial charge in [-0.15, -0.1) is 0 Å². The van der Waals surface area contributed by atoms with Crippen LogP contribution in [0.2, 0.25) is 0 Å². The van der Waals surface area contributed by atoms with E-state index in [4.69, 9.17) is 23.2 Å². The Morgan fingerprint density at radius 2 is 1.90 bits per heavy atom. The minimum atomic E-state index is -3.92. The lowest BCUT2D eigenvalue weighted by Crippen LogP contribution is -2.37. The quantitative estimate of drug-likeness (QED) is 0.733. The summed E-state index contributed by atoms with van der Waals surface area (Å²) in [5.41, 5.74) is 0.930. The van der Waals surface area contributed by atoms with E-state index in [0.717, 1.165) is 9.87 Å². The summed E-state index contributed by atoms with van der Waals surface area (Å²) in [5, 5.41) is 0.339. The molecule has 0 saturated carbocycles. The predicted molar refractivity (Wildman–Crippen MR) is 81.8 cm³/mol. The van der Waals surface area contributed by atoms with Crippen molar-refractivity contribution in [3.8, 4) is 0 Å². The SMILES string of the molecule is Cc1ccc(S(=O)(=O)N2CC(CBr)C(Cl)(Cl)C2=O)cc1. The molecule has 1 atom stereocenters. The molecule has 1 saturated heterocycles. The maximum Gasteiger partial charge on any atom is 0.273 e. The molecule has 0 spiro atoms. The van der Waals surface area contributed by atoms with Gasteiger partial charge in [-0.25, -0.2) is 12.7 Å². The normalized spacial score (nSPS) is 22.3. The van der Waals surface area contributed by atoms with Crippen molar-refractivity contribution < 1.29 is 13.2 Å². The van der Waals surface area contributed by atoms with Gasteiger partial charge in [-0.2, -0.15) is 0 Å². The van der Waals surface area contributed by atoms with Gasteiger partial charge in [0.05, 0.1) is 4.90 Å². The van der Waals surface area contributed by atoms with Crippen LogP contribution in [0.25, 0.3) is 0 Å². The number of rotatable bonds is 3. The minimum absolute atomic E-state index is 0.0344. The number of hydrogen-bond acceptors (Lipinski definition) is 3. The van der Waals surface area contributed by atoms with Crippen LogP contribution in [-0.2, 0) is 14.8 Å². The molecule has 0 bridgehead atoms. The molecule has 8 heteroatoms. The molecule has 0 radical (unpaired) electrons. The number of carbonyl (C=O) groups excluding carboxylic acids is 1. The van der Waals surface area contributed by atoms with E-state index in [1.165, 1.54) is 12.1 Å². The number of aryl methyl sites for hydroxylation is 1. The van der Waals surface area contributed by atoms with Crippen molar-refractivity contribution in [1.82, 2.24) is 4.31 Å². The van der Waals surface area contributed by atoms with Gasteiger partial charge in [-0.05, 0) is 19.1 Å². The maximum absolute atomic E-state index is 12.5. The predicted octanol–water partition coefficient (Wildman–Crippen LogP) is 2.71. The Labute approximate surface area is 136 Å². The minimum Gasteiger partial charge on any atom is -0.270 e. The standard InChI is InChI=1S/C12H12BrCl2NO3S/c1-8-2-4-10(5-3-8)20(18,19)16-7-9(6-13)12(14,15)11(16)17/h2-5,9H,6-7H2,1H3. The zero-order chi connectivity index (χ0) is 15.1. The summed E-state index contributed by atoms with van der Waals surface area (Å²) in [6.07, 6.45) is 0. The van der Waals surface area contributed by atoms with Crippen molar-refractivity contribution in [3.05, 3.63) is 29.8 Å². The highest BCUT2D eigenvalue weighted by molar-refractivity contribution is 9.09. The van der Waals surface area contributed by atoms with Gasteiger partial charge in [-0.1, -0.05) is 56.8 Å². The van der Waals surface area contributed by atoms with E-state index < -0.39 is 26.2 Å². The molecule has 0 N–H and O–H groups in total. The molecule has 1 aromatic rings. The Balaban J connectivity index is 2.41. The molecule has 2 rings (SSSR count). The number of halogens is 3. The lowest BCUT2D eigenvalue weighted by atomic mass is 10.1. The lowest BCUT2D eigenvalue weighted by Gasteiger charge is -2.17. The fourth-order valence-corrected chi connectivity index (χ4v) is 5.06. The smallest absolute Gasteiger partial charge is 0.270 e. The Hall–Kier alpha value is -0.300. The Bertz CT molecular complexity index is 631. The van der Waals surface area contributed by atoms with Crippen LogP contribution in [0.4, 0.5) is 0 Å². The second kappa shape index (κ2) is 5.48. The molecule has 4 nitrogen and oxygen atoms in total. The average Bonchev–Trinajstić information content (AvgIpc) is 2.61. The van der Waals surface area contributed by atoms with E-state index in [9.17, 15) is 13.2 Å². The van der Waals surface area contributed by atoms with E-state index >= 15 is 0 Å². The highest BCUT2D eigenvalue weighted by Gasteiger charge is 2.55. The Kier molecular flexibility index (Phi) is 4.40. The summed E-state index contributed by atoms with van der Waals surface area (Å²) in [4.78, 5) is 12.2. The summed E-state index contributed by atoms with van der Waals surface area (Å²) in [6.45, 7) is 1.81. The summed E-state index contributed by atoms with van der Waals surface area (Å²) in [7, 11) is -3.92. The van der Waals surface area contributed by atoms with Crippen LogP contribution in [0, 0.1) is 12.8 Å². The number of nitrogens with zero attached hydrogens (tertiary/aromatic N) is 1. The first-order chi connectivity index (χ1) is 9.21. The molecular formula is C12H12BrCl2NO3S. The van der Waals surface area contributed by atoms with Crippen LogP contribution >= 0.6 is 39.1 Å². The molecule has 1 unspecified atom stereocenters. The number of amides is 1. The van der Waals surface area contributed by atoms with Gasteiger partial charge < -0.3 is 0 Å². The zero-order valence-corrected chi connectivity index (χ0v) is 14.4. The number of carbonyl (C=O) groups is 1. The van der Waals surface area contributed by atoms with Crippen LogP contribution in [-0.4, -0.2) is 34.8 Å². The number of hydrogen-bond donors (Lipinski definition) is 0. The summed E-state index contributed by atoms with van der Waals surface area (Å²) < 4.78 is 24.0. The van der Waals surface area contributed by atoms with Crippen molar-refractivity contribution in [2.24, 2.45) is 5.92 Å². The molecule has 1 aromatic carbocycles. The van der Waals surface area contributed by atoms with E-state index in [0.29, 0.717) is 5.33 Å². The van der Waals surface area contributed by atoms with Crippen LogP contribution in [0.5, 0.6) is 0 Å². The van der Waals surface area contributed by atoms with E-state index in [-0.39, 0.29) is 11.4 Å². The van der Waals surface area contributed by atoms with E-state index in [1.807, 2.05) is 6.92 Å². The van der Waals surface area contributed by atoms with Crippen molar-refractivity contribution in [1.29, 1.82) is 0 Å². The fraction of sp³-hybridized carbons (Fsp3) is 0.417.